The Hall–Kier alpha value is -2.27. The molecule has 0 unspecified atom stereocenters. The molecule has 1 aliphatic carbocycles. The van der Waals surface area contributed by atoms with Gasteiger partial charge >= 0.3 is 0 Å². The number of furan rings is 1. The average Bonchev–Trinajstić information content (AvgIpc) is 3.17. The van der Waals surface area contributed by atoms with Gasteiger partial charge in [-0.25, -0.2) is 0 Å². The number of carbonyl (C=O) groups excluding carboxylic acids is 1. The number of rotatable bonds is 5. The van der Waals surface area contributed by atoms with Gasteiger partial charge in [-0.15, -0.1) is 0 Å². The molecule has 138 valence electrons. The smallest absolute Gasteiger partial charge is 0.287 e. The maximum atomic E-state index is 12.1. The molecule has 2 aromatic rings. The molecular formula is C21H26N2O3. The summed E-state index contributed by atoms with van der Waals surface area (Å²) < 4.78 is 10.6. The number of nitrogens with one attached hydrogen (secondary N) is 1. The number of benzene rings is 1. The van der Waals surface area contributed by atoms with E-state index in [1.54, 1.807) is 19.2 Å². The lowest BCUT2D eigenvalue weighted by Gasteiger charge is -2.52. The standard InChI is InChI=1S/C21H26N2O3/c1-25-18-6-3-2-5-16(18)15-23-10-8-21(9-11-23)13-17(14-21)22-20(24)19-7-4-12-26-19/h2-7,12,17H,8-11,13-15H2,1H3,(H,22,24). The molecule has 5 heteroatoms. The van der Waals surface area contributed by atoms with Crippen LogP contribution in [0.25, 0.3) is 0 Å². The van der Waals surface area contributed by atoms with E-state index in [4.69, 9.17) is 9.15 Å². The van der Waals surface area contributed by atoms with Crippen molar-refractivity contribution >= 4 is 5.91 Å². The van der Waals surface area contributed by atoms with Gasteiger partial charge in [-0.05, 0) is 62.4 Å². The molecule has 1 N–H and O–H groups in total. The summed E-state index contributed by atoms with van der Waals surface area (Å²) in [4.78, 5) is 14.6. The van der Waals surface area contributed by atoms with Gasteiger partial charge in [0.15, 0.2) is 5.76 Å². The highest BCUT2D eigenvalue weighted by Gasteiger charge is 2.46. The fourth-order valence-electron chi connectivity index (χ4n) is 4.42. The Bertz CT molecular complexity index is 740. The molecule has 0 bridgehead atoms. The van der Waals surface area contributed by atoms with E-state index in [-0.39, 0.29) is 11.9 Å². The zero-order valence-electron chi connectivity index (χ0n) is 15.2. The Morgan fingerprint density at radius 1 is 1.23 bits per heavy atom. The second-order valence-electron chi connectivity index (χ2n) is 7.64. The molecule has 1 saturated carbocycles. The molecule has 1 amide bonds. The SMILES string of the molecule is COc1ccccc1CN1CCC2(CC1)CC(NC(=O)c1ccco1)C2. The average molecular weight is 354 g/mol. The summed E-state index contributed by atoms with van der Waals surface area (Å²) in [5.41, 5.74) is 1.67. The largest absolute Gasteiger partial charge is 0.496 e. The van der Waals surface area contributed by atoms with E-state index in [0.29, 0.717) is 11.2 Å². The summed E-state index contributed by atoms with van der Waals surface area (Å²) in [6.45, 7) is 3.16. The van der Waals surface area contributed by atoms with Gasteiger partial charge in [-0.3, -0.25) is 9.69 Å². The number of hydrogen-bond acceptors (Lipinski definition) is 4. The Morgan fingerprint density at radius 3 is 2.69 bits per heavy atom. The molecule has 1 aromatic heterocycles. The number of likely N-dealkylation sites (tertiary alicyclic amines) is 1. The summed E-state index contributed by atoms with van der Waals surface area (Å²) in [6, 6.07) is 12.0. The fourth-order valence-corrected chi connectivity index (χ4v) is 4.42. The molecule has 2 fully saturated rings. The molecule has 1 aliphatic heterocycles. The maximum absolute atomic E-state index is 12.1. The molecule has 1 aromatic carbocycles. The van der Waals surface area contributed by atoms with Crippen LogP contribution in [-0.2, 0) is 6.54 Å². The minimum atomic E-state index is -0.0940. The fraction of sp³-hybridized carbons (Fsp3) is 0.476. The Morgan fingerprint density at radius 2 is 2.00 bits per heavy atom. The third kappa shape index (κ3) is 3.49. The molecule has 1 spiro atoms. The van der Waals surface area contributed by atoms with Gasteiger partial charge in [0, 0.05) is 18.2 Å². The van der Waals surface area contributed by atoms with Crippen molar-refractivity contribution in [3.05, 3.63) is 54.0 Å². The van der Waals surface area contributed by atoms with Gasteiger partial charge in [0.2, 0.25) is 0 Å². The number of ether oxygens (including phenoxy) is 1. The van der Waals surface area contributed by atoms with Crippen LogP contribution in [0.15, 0.2) is 47.1 Å². The van der Waals surface area contributed by atoms with Crippen LogP contribution in [-0.4, -0.2) is 37.0 Å². The lowest BCUT2D eigenvalue weighted by Crippen LogP contribution is -2.54. The van der Waals surface area contributed by atoms with Crippen LogP contribution in [0.4, 0.5) is 0 Å². The predicted octanol–water partition coefficient (Wildman–Crippen LogP) is 3.46. The highest BCUT2D eigenvalue weighted by molar-refractivity contribution is 5.91. The first-order valence-corrected chi connectivity index (χ1v) is 9.36. The number of methoxy groups -OCH3 is 1. The van der Waals surface area contributed by atoms with Crippen molar-refractivity contribution in [3.63, 3.8) is 0 Å². The number of carbonyl (C=O) groups is 1. The summed E-state index contributed by atoms with van der Waals surface area (Å²) >= 11 is 0. The molecule has 1 saturated heterocycles. The van der Waals surface area contributed by atoms with Crippen molar-refractivity contribution in [1.82, 2.24) is 10.2 Å². The third-order valence-corrected chi connectivity index (χ3v) is 5.94. The first kappa shape index (κ1) is 17.2. The normalized spacial score (nSPS) is 19.9. The molecule has 5 nitrogen and oxygen atoms in total. The monoisotopic (exact) mass is 354 g/mol. The van der Waals surface area contributed by atoms with Crippen LogP contribution < -0.4 is 10.1 Å². The maximum Gasteiger partial charge on any atom is 0.287 e. The minimum absolute atomic E-state index is 0.0940. The highest BCUT2D eigenvalue weighted by atomic mass is 16.5. The second kappa shape index (κ2) is 7.16. The number of hydrogen-bond donors (Lipinski definition) is 1. The lowest BCUT2D eigenvalue weighted by atomic mass is 9.60. The number of nitrogens with zero attached hydrogens (tertiary/aromatic N) is 1. The molecule has 0 radical (unpaired) electrons. The van der Waals surface area contributed by atoms with Crippen molar-refractivity contribution in [3.8, 4) is 5.75 Å². The number of amides is 1. The third-order valence-electron chi connectivity index (χ3n) is 5.94. The van der Waals surface area contributed by atoms with E-state index in [0.717, 1.165) is 38.2 Å². The molecular weight excluding hydrogens is 328 g/mol. The van der Waals surface area contributed by atoms with E-state index >= 15 is 0 Å². The molecule has 26 heavy (non-hydrogen) atoms. The summed E-state index contributed by atoms with van der Waals surface area (Å²) in [7, 11) is 1.73. The van der Waals surface area contributed by atoms with Crippen LogP contribution in [0.1, 0.15) is 41.8 Å². The van der Waals surface area contributed by atoms with Gasteiger partial charge < -0.3 is 14.5 Å². The summed E-state index contributed by atoms with van der Waals surface area (Å²) in [6.07, 6.45) is 6.11. The van der Waals surface area contributed by atoms with Gasteiger partial charge in [-0.2, -0.15) is 0 Å². The van der Waals surface area contributed by atoms with Gasteiger partial charge in [0.05, 0.1) is 13.4 Å². The van der Waals surface area contributed by atoms with E-state index in [9.17, 15) is 4.79 Å². The quantitative estimate of drug-likeness (QED) is 0.893. The van der Waals surface area contributed by atoms with Crippen LogP contribution in [0.2, 0.25) is 0 Å². The number of para-hydroxylation sites is 1. The lowest BCUT2D eigenvalue weighted by molar-refractivity contribution is 0.00418. The van der Waals surface area contributed by atoms with Crippen LogP contribution in [0, 0.1) is 5.41 Å². The van der Waals surface area contributed by atoms with Crippen LogP contribution >= 0.6 is 0 Å². The van der Waals surface area contributed by atoms with Crippen molar-refractivity contribution in [1.29, 1.82) is 0 Å². The van der Waals surface area contributed by atoms with Gasteiger partial charge in [-0.1, -0.05) is 18.2 Å². The van der Waals surface area contributed by atoms with Crippen LogP contribution in [0.5, 0.6) is 5.75 Å². The first-order chi connectivity index (χ1) is 12.7. The van der Waals surface area contributed by atoms with Crippen molar-refractivity contribution in [2.24, 2.45) is 5.41 Å². The zero-order valence-corrected chi connectivity index (χ0v) is 15.2. The topological polar surface area (TPSA) is 54.7 Å². The van der Waals surface area contributed by atoms with E-state index in [1.807, 2.05) is 12.1 Å². The van der Waals surface area contributed by atoms with E-state index < -0.39 is 0 Å². The van der Waals surface area contributed by atoms with Crippen molar-refractivity contribution in [2.45, 2.75) is 38.3 Å². The zero-order chi connectivity index (χ0) is 18.0. The van der Waals surface area contributed by atoms with Crippen molar-refractivity contribution in [2.75, 3.05) is 20.2 Å². The van der Waals surface area contributed by atoms with Gasteiger partial charge in [0.25, 0.3) is 5.91 Å². The highest BCUT2D eigenvalue weighted by Crippen LogP contribution is 2.49. The van der Waals surface area contributed by atoms with E-state index in [1.165, 1.54) is 24.7 Å². The minimum Gasteiger partial charge on any atom is -0.496 e. The predicted molar refractivity (Wildman–Crippen MR) is 99.1 cm³/mol. The molecule has 4 rings (SSSR count). The summed E-state index contributed by atoms with van der Waals surface area (Å²) in [5, 5.41) is 3.09. The van der Waals surface area contributed by atoms with Crippen molar-refractivity contribution < 1.29 is 13.9 Å². The first-order valence-electron chi connectivity index (χ1n) is 9.36. The Kier molecular flexibility index (Phi) is 4.72. The molecule has 0 atom stereocenters. The van der Waals surface area contributed by atoms with Crippen LogP contribution in [0.3, 0.4) is 0 Å². The summed E-state index contributed by atoms with van der Waals surface area (Å²) in [5.74, 6) is 1.28. The second-order valence-corrected chi connectivity index (χ2v) is 7.64. The molecule has 2 heterocycles. The Labute approximate surface area is 154 Å². The molecule has 2 aliphatic rings. The van der Waals surface area contributed by atoms with Gasteiger partial charge in [0.1, 0.15) is 5.75 Å². The van der Waals surface area contributed by atoms with E-state index in [2.05, 4.69) is 22.3 Å². The number of piperidine rings is 1. The Balaban J connectivity index is 1.25.